The van der Waals surface area contributed by atoms with Crippen LogP contribution in [-0.2, 0) is 25.1 Å². The molecule has 4 rings (SSSR count). The second kappa shape index (κ2) is 11.9. The Kier molecular flexibility index (Phi) is 8.84. The molecule has 38 heavy (non-hydrogen) atoms. The molecular weight excluding hydrogens is 478 g/mol. The van der Waals surface area contributed by atoms with E-state index in [2.05, 4.69) is 50.8 Å². The van der Waals surface area contributed by atoms with Crippen LogP contribution in [0.3, 0.4) is 0 Å². The molecule has 206 valence electrons. The third-order valence-electron chi connectivity index (χ3n) is 7.93. The minimum absolute atomic E-state index is 0.0561. The first-order valence-electron chi connectivity index (χ1n) is 13.8. The first kappa shape index (κ1) is 28.2. The minimum atomic E-state index is -0.352. The lowest BCUT2D eigenvalue weighted by Crippen LogP contribution is -2.38. The molecule has 0 bridgehead atoms. The molecule has 0 atom stereocenters. The van der Waals surface area contributed by atoms with Crippen LogP contribution in [0.1, 0.15) is 64.2 Å². The van der Waals surface area contributed by atoms with Gasteiger partial charge in [0.05, 0.1) is 26.9 Å². The van der Waals surface area contributed by atoms with E-state index in [0.717, 1.165) is 73.9 Å². The second-order valence-electron chi connectivity index (χ2n) is 11.5. The summed E-state index contributed by atoms with van der Waals surface area (Å²) in [4.78, 5) is 14.3. The quantitative estimate of drug-likeness (QED) is 0.298. The molecular formula is C32H43NO5. The maximum Gasteiger partial charge on any atom is 0.330 e. The van der Waals surface area contributed by atoms with Crippen LogP contribution < -0.4 is 9.47 Å². The summed E-state index contributed by atoms with van der Waals surface area (Å²) in [5.74, 6) is 1.28. The van der Waals surface area contributed by atoms with E-state index in [0.29, 0.717) is 13.2 Å². The molecule has 1 heterocycles. The van der Waals surface area contributed by atoms with Crippen molar-refractivity contribution in [3.8, 4) is 22.6 Å². The van der Waals surface area contributed by atoms with Gasteiger partial charge in [0, 0.05) is 36.8 Å². The molecule has 1 fully saturated rings. The highest BCUT2D eigenvalue weighted by Crippen LogP contribution is 2.50. The Morgan fingerprint density at radius 2 is 1.63 bits per heavy atom. The molecule has 0 amide bonds. The lowest BCUT2D eigenvalue weighted by atomic mass is 9.62. The average molecular weight is 522 g/mol. The van der Waals surface area contributed by atoms with Gasteiger partial charge in [-0.05, 0) is 77.6 Å². The molecule has 0 aromatic heterocycles. The predicted molar refractivity (Wildman–Crippen MR) is 152 cm³/mol. The maximum atomic E-state index is 11.9. The van der Waals surface area contributed by atoms with Gasteiger partial charge in [-0.15, -0.1) is 0 Å². The van der Waals surface area contributed by atoms with E-state index in [1.54, 1.807) is 20.1 Å². The van der Waals surface area contributed by atoms with Crippen LogP contribution >= 0.6 is 0 Å². The fraction of sp³-hybridized carbons (Fsp3) is 0.531. The summed E-state index contributed by atoms with van der Waals surface area (Å²) in [7, 11) is 1.69. The topological polar surface area (TPSA) is 57.2 Å². The molecule has 2 aromatic carbocycles. The zero-order valence-electron chi connectivity index (χ0n) is 23.9. The first-order chi connectivity index (χ1) is 18.1. The molecule has 2 aromatic rings. The number of nitrogens with zero attached hydrogens (tertiary/aromatic N) is 1. The molecule has 0 unspecified atom stereocenters. The van der Waals surface area contributed by atoms with Gasteiger partial charge in [-0.2, -0.15) is 0 Å². The van der Waals surface area contributed by atoms with Gasteiger partial charge in [0.15, 0.2) is 0 Å². The van der Waals surface area contributed by atoms with E-state index < -0.39 is 0 Å². The number of morpholine rings is 1. The van der Waals surface area contributed by atoms with Crippen LogP contribution in [0.2, 0.25) is 0 Å². The van der Waals surface area contributed by atoms with E-state index in [-0.39, 0.29) is 16.8 Å². The number of ether oxygens (including phenoxy) is 4. The van der Waals surface area contributed by atoms with Crippen LogP contribution in [0.15, 0.2) is 36.4 Å². The Morgan fingerprint density at radius 1 is 0.974 bits per heavy atom. The van der Waals surface area contributed by atoms with Crippen molar-refractivity contribution in [1.82, 2.24) is 4.90 Å². The van der Waals surface area contributed by atoms with Gasteiger partial charge in [0.2, 0.25) is 0 Å². The van der Waals surface area contributed by atoms with Crippen molar-refractivity contribution >= 4 is 12.0 Å². The SMILES string of the molecule is CCOC(=O)C=Cc1ccc(OC)c(-c2cc3c(cc2OCCN2CCOCC2)C(C)(C)CCC3(C)C)c1. The van der Waals surface area contributed by atoms with Gasteiger partial charge in [-0.3, -0.25) is 4.90 Å². The lowest BCUT2D eigenvalue weighted by molar-refractivity contribution is -0.137. The van der Waals surface area contributed by atoms with E-state index in [9.17, 15) is 4.79 Å². The van der Waals surface area contributed by atoms with Gasteiger partial charge >= 0.3 is 5.97 Å². The lowest BCUT2D eigenvalue weighted by Gasteiger charge is -2.42. The maximum absolute atomic E-state index is 11.9. The van der Waals surface area contributed by atoms with Crippen LogP contribution in [0.5, 0.6) is 11.5 Å². The molecule has 0 saturated carbocycles. The standard InChI is InChI=1S/C32H43NO5/c1-7-37-30(34)11-9-23-8-10-28(35-6)24(20-23)25-21-26-27(32(4,5)13-12-31(26,2)3)22-29(25)38-19-16-33-14-17-36-18-15-33/h8-11,20-22H,7,12-19H2,1-6H3. The molecule has 1 saturated heterocycles. The fourth-order valence-corrected chi connectivity index (χ4v) is 5.43. The molecule has 0 N–H and O–H groups in total. The van der Waals surface area contributed by atoms with Crippen molar-refractivity contribution in [2.24, 2.45) is 0 Å². The van der Waals surface area contributed by atoms with Crippen molar-refractivity contribution in [2.75, 3.05) is 53.2 Å². The largest absolute Gasteiger partial charge is 0.496 e. The van der Waals surface area contributed by atoms with Gasteiger partial charge in [0.1, 0.15) is 18.1 Å². The van der Waals surface area contributed by atoms with E-state index in [4.69, 9.17) is 18.9 Å². The highest BCUT2D eigenvalue weighted by Gasteiger charge is 2.38. The van der Waals surface area contributed by atoms with Crippen molar-refractivity contribution in [1.29, 1.82) is 0 Å². The summed E-state index contributed by atoms with van der Waals surface area (Å²) in [5.41, 5.74) is 5.70. The number of esters is 1. The third-order valence-corrected chi connectivity index (χ3v) is 7.93. The predicted octanol–water partition coefficient (Wildman–Crippen LogP) is 6.00. The summed E-state index contributed by atoms with van der Waals surface area (Å²) >= 11 is 0. The Labute approximate surface area is 227 Å². The summed E-state index contributed by atoms with van der Waals surface area (Å²) in [5, 5.41) is 0. The molecule has 6 heteroatoms. The van der Waals surface area contributed by atoms with Crippen LogP contribution in [0.4, 0.5) is 0 Å². The number of carbonyl (C=O) groups excluding carboxylic acids is 1. The van der Waals surface area contributed by atoms with Crippen molar-refractivity contribution in [2.45, 2.75) is 58.3 Å². The summed E-state index contributed by atoms with van der Waals surface area (Å²) in [6.45, 7) is 16.4. The summed E-state index contributed by atoms with van der Waals surface area (Å²) < 4.78 is 22.9. The molecule has 1 aliphatic heterocycles. The van der Waals surface area contributed by atoms with Crippen molar-refractivity contribution < 1.29 is 23.7 Å². The van der Waals surface area contributed by atoms with Gasteiger partial charge in [-0.25, -0.2) is 4.79 Å². The molecule has 0 radical (unpaired) electrons. The third kappa shape index (κ3) is 6.41. The summed E-state index contributed by atoms with van der Waals surface area (Å²) in [6.07, 6.45) is 5.51. The zero-order chi connectivity index (χ0) is 27.3. The normalized spacial score (nSPS) is 18.7. The van der Waals surface area contributed by atoms with Crippen LogP contribution in [0.25, 0.3) is 17.2 Å². The number of rotatable bonds is 9. The monoisotopic (exact) mass is 521 g/mol. The van der Waals surface area contributed by atoms with Gasteiger partial charge in [0.25, 0.3) is 0 Å². The smallest absolute Gasteiger partial charge is 0.330 e. The molecule has 1 aliphatic carbocycles. The fourth-order valence-electron chi connectivity index (χ4n) is 5.43. The number of fused-ring (bicyclic) bond motifs is 1. The first-order valence-corrected chi connectivity index (χ1v) is 13.8. The number of carbonyl (C=O) groups is 1. The average Bonchev–Trinajstić information content (AvgIpc) is 2.90. The van der Waals surface area contributed by atoms with Crippen LogP contribution in [0, 0.1) is 0 Å². The molecule has 6 nitrogen and oxygen atoms in total. The van der Waals surface area contributed by atoms with E-state index in [1.807, 2.05) is 12.1 Å². The number of hydrogen-bond donors (Lipinski definition) is 0. The Morgan fingerprint density at radius 3 is 2.29 bits per heavy atom. The van der Waals surface area contributed by atoms with Gasteiger partial charge < -0.3 is 18.9 Å². The molecule has 0 spiro atoms. The number of benzene rings is 2. The summed E-state index contributed by atoms with van der Waals surface area (Å²) in [6, 6.07) is 10.5. The highest BCUT2D eigenvalue weighted by atomic mass is 16.5. The highest BCUT2D eigenvalue weighted by molar-refractivity contribution is 5.88. The van der Waals surface area contributed by atoms with Crippen molar-refractivity contribution in [3.05, 3.63) is 53.1 Å². The molecule has 2 aliphatic rings. The van der Waals surface area contributed by atoms with Crippen molar-refractivity contribution in [3.63, 3.8) is 0 Å². The Hall–Kier alpha value is -2.83. The van der Waals surface area contributed by atoms with E-state index in [1.165, 1.54) is 17.2 Å². The Bertz CT molecular complexity index is 1160. The second-order valence-corrected chi connectivity index (χ2v) is 11.5. The number of methoxy groups -OCH3 is 1. The minimum Gasteiger partial charge on any atom is -0.496 e. The Balaban J connectivity index is 1.77. The van der Waals surface area contributed by atoms with Crippen LogP contribution in [-0.4, -0.2) is 64.0 Å². The number of hydrogen-bond acceptors (Lipinski definition) is 6. The van der Waals surface area contributed by atoms with Gasteiger partial charge in [-0.1, -0.05) is 33.8 Å². The van der Waals surface area contributed by atoms with E-state index >= 15 is 0 Å². The zero-order valence-corrected chi connectivity index (χ0v) is 23.9.